The Morgan fingerprint density at radius 3 is 2.38 bits per heavy atom. The number of pyridine rings is 1. The summed E-state index contributed by atoms with van der Waals surface area (Å²) in [6, 6.07) is 23.6. The number of nitriles is 1. The first-order valence-corrected chi connectivity index (χ1v) is 10.5. The minimum absolute atomic E-state index is 0.0109. The van der Waals surface area contributed by atoms with Crippen molar-refractivity contribution in [2.24, 2.45) is 5.73 Å². The topological polar surface area (TPSA) is 110 Å². The summed E-state index contributed by atoms with van der Waals surface area (Å²) in [5, 5.41) is 10.1. The Labute approximate surface area is 169 Å². The Morgan fingerprint density at radius 2 is 1.72 bits per heavy atom. The highest BCUT2D eigenvalue weighted by Gasteiger charge is 2.11. The molecule has 0 spiro atoms. The van der Waals surface area contributed by atoms with Gasteiger partial charge in [-0.15, -0.1) is 0 Å². The first kappa shape index (κ1) is 20.3. The standard InChI is InChI=1S/C14H8N2O.C8H11NO2S/c15-9-11-8-10-4-1-2-5-12(10)16-14(11)13-6-3-7-17-13;9-6-7-12(10,11)8-4-2-1-3-5-8/h1-8H;1-5H,6-7,9H2. The van der Waals surface area contributed by atoms with E-state index in [1.54, 1.807) is 48.7 Å². The highest BCUT2D eigenvalue weighted by molar-refractivity contribution is 7.91. The maximum Gasteiger partial charge on any atom is 0.179 e. The van der Waals surface area contributed by atoms with Gasteiger partial charge in [-0.2, -0.15) is 5.26 Å². The summed E-state index contributed by atoms with van der Waals surface area (Å²) in [4.78, 5) is 4.82. The second-order valence-electron chi connectivity index (χ2n) is 6.09. The normalized spacial score (nSPS) is 10.8. The zero-order valence-electron chi connectivity index (χ0n) is 15.5. The monoisotopic (exact) mass is 405 g/mol. The number of benzene rings is 2. The van der Waals surface area contributed by atoms with Crippen LogP contribution in [0.1, 0.15) is 5.56 Å². The van der Waals surface area contributed by atoms with Crippen LogP contribution in [0.2, 0.25) is 0 Å². The van der Waals surface area contributed by atoms with Crippen LogP contribution >= 0.6 is 0 Å². The molecule has 0 bridgehead atoms. The molecule has 29 heavy (non-hydrogen) atoms. The third-order valence-corrected chi connectivity index (χ3v) is 5.85. The van der Waals surface area contributed by atoms with E-state index in [9.17, 15) is 8.42 Å². The number of nitrogens with two attached hydrogens (primary N) is 1. The lowest BCUT2D eigenvalue weighted by Gasteiger charge is -2.02. The summed E-state index contributed by atoms with van der Waals surface area (Å²) < 4.78 is 28.0. The van der Waals surface area contributed by atoms with Gasteiger partial charge >= 0.3 is 0 Å². The van der Waals surface area contributed by atoms with E-state index in [0.717, 1.165) is 10.9 Å². The maximum absolute atomic E-state index is 11.4. The number of aromatic nitrogens is 1. The van der Waals surface area contributed by atoms with Gasteiger partial charge in [0, 0.05) is 11.9 Å². The van der Waals surface area contributed by atoms with E-state index in [4.69, 9.17) is 15.4 Å². The number of furan rings is 1. The summed E-state index contributed by atoms with van der Waals surface area (Å²) in [5.41, 5.74) is 7.15. The smallest absolute Gasteiger partial charge is 0.179 e. The quantitative estimate of drug-likeness (QED) is 0.553. The summed E-state index contributed by atoms with van der Waals surface area (Å²) >= 11 is 0. The Balaban J connectivity index is 0.000000177. The number of para-hydroxylation sites is 1. The van der Waals surface area contributed by atoms with Gasteiger partial charge in [0.2, 0.25) is 0 Å². The van der Waals surface area contributed by atoms with E-state index >= 15 is 0 Å². The predicted octanol–water partition coefficient (Wildman–Crippen LogP) is 3.79. The molecule has 0 saturated heterocycles. The molecule has 0 fully saturated rings. The van der Waals surface area contributed by atoms with Gasteiger partial charge in [0.15, 0.2) is 15.6 Å². The molecule has 4 aromatic rings. The van der Waals surface area contributed by atoms with Crippen LogP contribution in [0, 0.1) is 11.3 Å². The first-order chi connectivity index (χ1) is 14.0. The van der Waals surface area contributed by atoms with Crippen LogP contribution in [0.4, 0.5) is 0 Å². The Bertz CT molecular complexity index is 1230. The molecule has 146 valence electrons. The maximum atomic E-state index is 11.4. The molecule has 0 aliphatic carbocycles. The summed E-state index contributed by atoms with van der Waals surface area (Å²) in [6.45, 7) is 0.164. The number of sulfone groups is 1. The van der Waals surface area contributed by atoms with E-state index in [1.807, 2.05) is 30.3 Å². The van der Waals surface area contributed by atoms with Gasteiger partial charge in [0.1, 0.15) is 11.8 Å². The molecule has 2 heterocycles. The van der Waals surface area contributed by atoms with Crippen molar-refractivity contribution in [3.8, 4) is 17.5 Å². The average Bonchev–Trinajstić information content (AvgIpc) is 3.28. The minimum Gasteiger partial charge on any atom is -0.463 e. The molecule has 0 radical (unpaired) electrons. The molecule has 0 atom stereocenters. The molecular weight excluding hydrogens is 386 g/mol. The molecule has 0 aliphatic heterocycles. The lowest BCUT2D eigenvalue weighted by Crippen LogP contribution is -2.15. The van der Waals surface area contributed by atoms with Crippen LogP contribution in [0.25, 0.3) is 22.4 Å². The third kappa shape index (κ3) is 4.88. The lowest BCUT2D eigenvalue weighted by molar-refractivity contribution is 0.580. The fraction of sp³-hybridized carbons (Fsp3) is 0.0909. The Hall–Kier alpha value is -3.47. The van der Waals surface area contributed by atoms with Gasteiger partial charge in [-0.25, -0.2) is 13.4 Å². The van der Waals surface area contributed by atoms with Crippen molar-refractivity contribution >= 4 is 20.7 Å². The van der Waals surface area contributed by atoms with Crippen molar-refractivity contribution in [2.75, 3.05) is 12.3 Å². The van der Waals surface area contributed by atoms with Crippen LogP contribution in [0.15, 0.2) is 88.4 Å². The van der Waals surface area contributed by atoms with E-state index in [-0.39, 0.29) is 12.3 Å². The molecule has 4 rings (SSSR count). The van der Waals surface area contributed by atoms with Gasteiger partial charge in [-0.3, -0.25) is 0 Å². The van der Waals surface area contributed by atoms with Crippen molar-refractivity contribution in [3.63, 3.8) is 0 Å². The van der Waals surface area contributed by atoms with Gasteiger partial charge in [-0.1, -0.05) is 36.4 Å². The fourth-order valence-corrected chi connectivity index (χ4v) is 3.82. The van der Waals surface area contributed by atoms with Gasteiger partial charge in [0.05, 0.1) is 28.0 Å². The summed E-state index contributed by atoms with van der Waals surface area (Å²) in [7, 11) is -3.14. The number of rotatable bonds is 4. The summed E-state index contributed by atoms with van der Waals surface area (Å²) in [5.74, 6) is 0.629. The largest absolute Gasteiger partial charge is 0.463 e. The van der Waals surface area contributed by atoms with Crippen LogP contribution in [-0.2, 0) is 9.84 Å². The number of fused-ring (bicyclic) bond motifs is 1. The van der Waals surface area contributed by atoms with Crippen molar-refractivity contribution < 1.29 is 12.8 Å². The third-order valence-electron chi connectivity index (χ3n) is 4.09. The Kier molecular flexibility index (Phi) is 6.39. The van der Waals surface area contributed by atoms with Crippen molar-refractivity contribution in [1.29, 1.82) is 5.26 Å². The molecule has 0 unspecified atom stereocenters. The SMILES string of the molecule is N#Cc1cc2ccccc2nc1-c1ccco1.NCCS(=O)(=O)c1ccccc1. The van der Waals surface area contributed by atoms with Crippen LogP contribution in [0.3, 0.4) is 0 Å². The number of hydrogen-bond acceptors (Lipinski definition) is 6. The van der Waals surface area contributed by atoms with E-state index in [0.29, 0.717) is 21.9 Å². The molecule has 6 nitrogen and oxygen atoms in total. The predicted molar refractivity (Wildman–Crippen MR) is 112 cm³/mol. The minimum atomic E-state index is -3.14. The van der Waals surface area contributed by atoms with E-state index < -0.39 is 9.84 Å². The first-order valence-electron chi connectivity index (χ1n) is 8.87. The molecule has 7 heteroatoms. The highest BCUT2D eigenvalue weighted by atomic mass is 32.2. The average molecular weight is 405 g/mol. The zero-order chi connectivity index (χ0) is 20.7. The van der Waals surface area contributed by atoms with Crippen molar-refractivity contribution in [3.05, 3.63) is 84.6 Å². The second kappa shape index (κ2) is 9.15. The van der Waals surface area contributed by atoms with Gasteiger partial charge < -0.3 is 10.2 Å². The molecule has 2 aromatic heterocycles. The van der Waals surface area contributed by atoms with E-state index in [2.05, 4.69) is 11.1 Å². The Morgan fingerprint density at radius 1 is 1.00 bits per heavy atom. The fourth-order valence-electron chi connectivity index (χ4n) is 2.70. The molecular formula is C22H19N3O3S. The molecule has 0 aliphatic rings. The molecule has 0 amide bonds. The summed E-state index contributed by atoms with van der Waals surface area (Å²) in [6.07, 6.45) is 1.58. The van der Waals surface area contributed by atoms with Crippen LogP contribution in [0.5, 0.6) is 0 Å². The highest BCUT2D eigenvalue weighted by Crippen LogP contribution is 2.25. The van der Waals surface area contributed by atoms with E-state index in [1.165, 1.54) is 0 Å². The van der Waals surface area contributed by atoms with Crippen molar-refractivity contribution in [2.45, 2.75) is 4.90 Å². The zero-order valence-corrected chi connectivity index (χ0v) is 16.3. The van der Waals surface area contributed by atoms with Crippen molar-refractivity contribution in [1.82, 2.24) is 4.98 Å². The van der Waals surface area contributed by atoms with Crippen LogP contribution in [-0.4, -0.2) is 25.7 Å². The van der Waals surface area contributed by atoms with Gasteiger partial charge in [0.25, 0.3) is 0 Å². The van der Waals surface area contributed by atoms with Gasteiger partial charge in [-0.05, 0) is 36.4 Å². The van der Waals surface area contributed by atoms with Crippen LogP contribution < -0.4 is 5.73 Å². The second-order valence-corrected chi connectivity index (χ2v) is 8.20. The number of nitrogens with zero attached hydrogens (tertiary/aromatic N) is 2. The molecule has 2 N–H and O–H groups in total. The molecule has 2 aromatic carbocycles. The lowest BCUT2D eigenvalue weighted by atomic mass is 10.1. The number of hydrogen-bond donors (Lipinski definition) is 1. The molecule has 0 saturated carbocycles.